The highest BCUT2D eigenvalue weighted by Crippen LogP contribution is 2.22. The van der Waals surface area contributed by atoms with Crippen LogP contribution in [0.1, 0.15) is 22.6 Å². The number of carbonyl (C=O) groups is 1. The highest BCUT2D eigenvalue weighted by Gasteiger charge is 2.11. The number of nitrogen functional groups attached to an aromatic ring is 1. The van der Waals surface area contributed by atoms with Gasteiger partial charge in [0.25, 0.3) is 5.91 Å². The molecule has 0 atom stereocenters. The zero-order valence-corrected chi connectivity index (χ0v) is 11.1. The van der Waals surface area contributed by atoms with Gasteiger partial charge in [-0.25, -0.2) is 4.98 Å². The second-order valence-corrected chi connectivity index (χ2v) is 4.48. The number of carbonyl (C=O) groups excluding carboxylic acids is 1. The lowest BCUT2D eigenvalue weighted by atomic mass is 10.2. The molecule has 0 radical (unpaired) electrons. The lowest BCUT2D eigenvalue weighted by Crippen LogP contribution is -2.25. The summed E-state index contributed by atoms with van der Waals surface area (Å²) < 4.78 is 0. The highest BCUT2D eigenvalue weighted by atomic mass is 35.5. The van der Waals surface area contributed by atoms with Gasteiger partial charge in [0.1, 0.15) is 5.82 Å². The van der Waals surface area contributed by atoms with Gasteiger partial charge in [-0.15, -0.1) is 0 Å². The molecule has 100 valence electrons. The van der Waals surface area contributed by atoms with E-state index in [0.29, 0.717) is 22.8 Å². The lowest BCUT2D eigenvalue weighted by molar-refractivity contribution is 0.0953. The topological polar surface area (TPSA) is 83.8 Å². The van der Waals surface area contributed by atoms with Crippen molar-refractivity contribution in [3.05, 3.63) is 47.0 Å². The Labute approximate surface area is 116 Å². The summed E-state index contributed by atoms with van der Waals surface area (Å²) in [4.78, 5) is 19.0. The minimum absolute atomic E-state index is 0.211. The fraction of sp³-hybridized carbons (Fsp3) is 0.231. The van der Waals surface area contributed by atoms with Gasteiger partial charge in [0.2, 0.25) is 0 Å². The number of rotatable bonds is 5. The number of nitrogens with one attached hydrogen (secondary N) is 2. The SMILES string of the molecule is Nc1cccc(C(=O)NCCCc2ncc[nH]2)c1Cl. The van der Waals surface area contributed by atoms with Crippen LogP contribution in [0.2, 0.25) is 5.02 Å². The maximum atomic E-state index is 11.9. The summed E-state index contributed by atoms with van der Waals surface area (Å²) in [5.74, 6) is 0.702. The molecule has 1 amide bonds. The first-order chi connectivity index (χ1) is 9.18. The molecule has 1 aromatic heterocycles. The number of nitrogens with zero attached hydrogens (tertiary/aromatic N) is 1. The molecule has 2 aromatic rings. The predicted octanol–water partition coefficient (Wildman–Crippen LogP) is 2.01. The standard InChI is InChI=1S/C13H15ClN4O/c14-12-9(3-1-4-10(12)15)13(19)18-6-2-5-11-16-7-8-17-11/h1,3-4,7-8H,2,5-6,15H2,(H,16,17)(H,18,19). The molecule has 0 bridgehead atoms. The van der Waals surface area contributed by atoms with Crippen molar-refractivity contribution in [1.29, 1.82) is 0 Å². The molecule has 0 saturated heterocycles. The molecule has 5 nitrogen and oxygen atoms in total. The summed E-state index contributed by atoms with van der Waals surface area (Å²) in [5.41, 5.74) is 6.46. The van der Waals surface area contributed by atoms with E-state index in [1.54, 1.807) is 30.6 Å². The number of halogens is 1. The summed E-state index contributed by atoms with van der Waals surface area (Å²) in [6, 6.07) is 5.02. The fourth-order valence-corrected chi connectivity index (χ4v) is 1.92. The van der Waals surface area contributed by atoms with Crippen LogP contribution in [-0.2, 0) is 6.42 Å². The van der Waals surface area contributed by atoms with E-state index in [2.05, 4.69) is 15.3 Å². The third-order valence-corrected chi connectivity index (χ3v) is 3.13. The van der Waals surface area contributed by atoms with Gasteiger partial charge in [-0.05, 0) is 18.6 Å². The molecule has 2 rings (SSSR count). The van der Waals surface area contributed by atoms with Crippen molar-refractivity contribution in [2.45, 2.75) is 12.8 Å². The number of hydrogen-bond donors (Lipinski definition) is 3. The summed E-state index contributed by atoms with van der Waals surface area (Å²) >= 11 is 5.98. The molecule has 0 spiro atoms. The number of nitrogens with two attached hydrogens (primary N) is 1. The Morgan fingerprint density at radius 2 is 2.32 bits per heavy atom. The smallest absolute Gasteiger partial charge is 0.252 e. The van der Waals surface area contributed by atoms with E-state index in [4.69, 9.17) is 17.3 Å². The molecule has 0 saturated carbocycles. The van der Waals surface area contributed by atoms with Crippen LogP contribution in [0.25, 0.3) is 0 Å². The van der Waals surface area contributed by atoms with E-state index in [1.165, 1.54) is 0 Å². The average Bonchev–Trinajstić information content (AvgIpc) is 2.91. The number of aryl methyl sites for hydroxylation is 1. The molecule has 0 aliphatic carbocycles. The normalized spacial score (nSPS) is 10.4. The van der Waals surface area contributed by atoms with Gasteiger partial charge in [0, 0.05) is 25.4 Å². The number of imidazole rings is 1. The Morgan fingerprint density at radius 1 is 1.47 bits per heavy atom. The summed E-state index contributed by atoms with van der Waals surface area (Å²) in [6.07, 6.45) is 5.08. The number of aromatic amines is 1. The van der Waals surface area contributed by atoms with Crippen LogP contribution < -0.4 is 11.1 Å². The van der Waals surface area contributed by atoms with E-state index in [-0.39, 0.29) is 5.91 Å². The third kappa shape index (κ3) is 3.48. The van der Waals surface area contributed by atoms with Gasteiger partial charge in [-0.1, -0.05) is 17.7 Å². The van der Waals surface area contributed by atoms with Crippen molar-refractivity contribution >= 4 is 23.2 Å². The third-order valence-electron chi connectivity index (χ3n) is 2.70. The van der Waals surface area contributed by atoms with Crippen LogP contribution in [0.3, 0.4) is 0 Å². The molecular weight excluding hydrogens is 264 g/mol. The second kappa shape index (κ2) is 6.24. The van der Waals surface area contributed by atoms with Crippen molar-refractivity contribution < 1.29 is 4.79 Å². The van der Waals surface area contributed by atoms with Crippen molar-refractivity contribution in [3.63, 3.8) is 0 Å². The Hall–Kier alpha value is -2.01. The number of aromatic nitrogens is 2. The van der Waals surface area contributed by atoms with Crippen LogP contribution in [0.4, 0.5) is 5.69 Å². The van der Waals surface area contributed by atoms with Gasteiger partial charge in [0.15, 0.2) is 0 Å². The highest BCUT2D eigenvalue weighted by molar-refractivity contribution is 6.36. The first-order valence-corrected chi connectivity index (χ1v) is 6.36. The predicted molar refractivity (Wildman–Crippen MR) is 75.1 cm³/mol. The molecule has 0 unspecified atom stereocenters. The molecule has 1 aromatic carbocycles. The Balaban J connectivity index is 1.83. The molecule has 0 aliphatic heterocycles. The van der Waals surface area contributed by atoms with Gasteiger partial charge in [-0.3, -0.25) is 4.79 Å². The molecule has 4 N–H and O–H groups in total. The van der Waals surface area contributed by atoms with Crippen LogP contribution in [0.5, 0.6) is 0 Å². The summed E-state index contributed by atoms with van der Waals surface area (Å²) in [6.45, 7) is 0.560. The number of benzene rings is 1. The van der Waals surface area contributed by atoms with E-state index < -0.39 is 0 Å². The maximum absolute atomic E-state index is 11.9. The number of hydrogen-bond acceptors (Lipinski definition) is 3. The van der Waals surface area contributed by atoms with Crippen LogP contribution in [0.15, 0.2) is 30.6 Å². The van der Waals surface area contributed by atoms with Gasteiger partial charge >= 0.3 is 0 Å². The molecule has 0 fully saturated rings. The largest absolute Gasteiger partial charge is 0.398 e. The fourth-order valence-electron chi connectivity index (χ4n) is 1.71. The van der Waals surface area contributed by atoms with Gasteiger partial charge in [-0.2, -0.15) is 0 Å². The summed E-state index contributed by atoms with van der Waals surface area (Å²) in [5, 5.41) is 3.11. The quantitative estimate of drug-likeness (QED) is 0.578. The minimum Gasteiger partial charge on any atom is -0.398 e. The van der Waals surface area contributed by atoms with E-state index in [1.807, 2.05) is 0 Å². The summed E-state index contributed by atoms with van der Waals surface area (Å²) in [7, 11) is 0. The first kappa shape index (κ1) is 13.4. The van der Waals surface area contributed by atoms with Crippen LogP contribution in [-0.4, -0.2) is 22.4 Å². The molecule has 6 heteroatoms. The molecular formula is C13H15ClN4O. The second-order valence-electron chi connectivity index (χ2n) is 4.10. The number of H-pyrrole nitrogens is 1. The number of anilines is 1. The maximum Gasteiger partial charge on any atom is 0.252 e. The van der Waals surface area contributed by atoms with Crippen LogP contribution in [0, 0.1) is 0 Å². The van der Waals surface area contributed by atoms with Crippen LogP contribution >= 0.6 is 11.6 Å². The zero-order valence-electron chi connectivity index (χ0n) is 10.3. The van der Waals surface area contributed by atoms with E-state index >= 15 is 0 Å². The molecule has 1 heterocycles. The van der Waals surface area contributed by atoms with E-state index in [0.717, 1.165) is 18.7 Å². The average molecular weight is 279 g/mol. The molecule has 0 aliphatic rings. The first-order valence-electron chi connectivity index (χ1n) is 5.99. The van der Waals surface area contributed by atoms with Gasteiger partial charge in [0.05, 0.1) is 16.3 Å². The Kier molecular flexibility index (Phi) is 4.41. The lowest BCUT2D eigenvalue weighted by Gasteiger charge is -2.07. The zero-order chi connectivity index (χ0) is 13.7. The minimum atomic E-state index is -0.211. The van der Waals surface area contributed by atoms with Crippen molar-refractivity contribution in [2.24, 2.45) is 0 Å². The van der Waals surface area contributed by atoms with E-state index in [9.17, 15) is 4.79 Å². The van der Waals surface area contributed by atoms with Crippen molar-refractivity contribution in [1.82, 2.24) is 15.3 Å². The molecule has 19 heavy (non-hydrogen) atoms. The monoisotopic (exact) mass is 278 g/mol. The van der Waals surface area contributed by atoms with Crippen molar-refractivity contribution in [3.8, 4) is 0 Å². The number of amides is 1. The van der Waals surface area contributed by atoms with Gasteiger partial charge < -0.3 is 16.0 Å². The Morgan fingerprint density at radius 3 is 3.05 bits per heavy atom. The van der Waals surface area contributed by atoms with Crippen molar-refractivity contribution in [2.75, 3.05) is 12.3 Å². The Bertz CT molecular complexity index is 554.